The van der Waals surface area contributed by atoms with Crippen molar-refractivity contribution in [3.05, 3.63) is 59.4 Å². The quantitative estimate of drug-likeness (QED) is 0.406. The summed E-state index contributed by atoms with van der Waals surface area (Å²) in [5, 5.41) is 6.06. The van der Waals surface area contributed by atoms with Crippen LogP contribution >= 0.6 is 0 Å². The highest BCUT2D eigenvalue weighted by Crippen LogP contribution is 2.33. The molecule has 168 valence electrons. The van der Waals surface area contributed by atoms with Crippen LogP contribution in [0.5, 0.6) is 5.75 Å². The standard InChI is InChI=1S/C22H26F4N4O/c1-27-21(29-13-16-7-8-17(23)11-18(16)22(24,25)26)28-12-15-9-10-30(14-15)19-5-3-4-6-20(19)31-2/h3-8,11,15H,9-10,12-14H2,1-2H3,(H2,27,28,29). The van der Waals surface area contributed by atoms with Gasteiger partial charge in [0.2, 0.25) is 0 Å². The Morgan fingerprint density at radius 3 is 2.68 bits per heavy atom. The van der Waals surface area contributed by atoms with Gasteiger partial charge in [0.05, 0.1) is 18.4 Å². The number of guanidine groups is 1. The van der Waals surface area contributed by atoms with Gasteiger partial charge in [0.15, 0.2) is 5.96 Å². The molecule has 1 saturated heterocycles. The molecule has 0 aromatic heterocycles. The number of rotatable bonds is 6. The Morgan fingerprint density at radius 1 is 1.19 bits per heavy atom. The summed E-state index contributed by atoms with van der Waals surface area (Å²) in [5.41, 5.74) is 0.0183. The molecule has 5 nitrogen and oxygen atoms in total. The molecule has 1 unspecified atom stereocenters. The van der Waals surface area contributed by atoms with E-state index in [0.29, 0.717) is 24.5 Å². The minimum absolute atomic E-state index is 0.0416. The van der Waals surface area contributed by atoms with Gasteiger partial charge in [-0.2, -0.15) is 13.2 Å². The summed E-state index contributed by atoms with van der Waals surface area (Å²) in [6.07, 6.45) is -3.65. The van der Waals surface area contributed by atoms with Crippen molar-refractivity contribution in [1.82, 2.24) is 10.6 Å². The molecular weight excluding hydrogens is 412 g/mol. The predicted molar refractivity (Wildman–Crippen MR) is 113 cm³/mol. The molecule has 3 rings (SSSR count). The van der Waals surface area contributed by atoms with Crippen LogP contribution in [-0.2, 0) is 12.7 Å². The maximum atomic E-state index is 13.3. The Balaban J connectivity index is 1.54. The normalized spacial score (nSPS) is 17.0. The minimum atomic E-state index is -4.62. The Kier molecular flexibility index (Phi) is 7.25. The second-order valence-corrected chi connectivity index (χ2v) is 7.38. The maximum absolute atomic E-state index is 13.3. The molecule has 31 heavy (non-hydrogen) atoms. The van der Waals surface area contributed by atoms with Gasteiger partial charge in [-0.25, -0.2) is 4.39 Å². The lowest BCUT2D eigenvalue weighted by Crippen LogP contribution is -2.40. The highest BCUT2D eigenvalue weighted by atomic mass is 19.4. The largest absolute Gasteiger partial charge is 0.495 e. The monoisotopic (exact) mass is 438 g/mol. The first-order valence-electron chi connectivity index (χ1n) is 10.00. The summed E-state index contributed by atoms with van der Waals surface area (Å²) in [6.45, 7) is 2.23. The molecule has 0 saturated carbocycles. The zero-order valence-corrected chi connectivity index (χ0v) is 17.5. The number of benzene rings is 2. The number of hydrogen-bond acceptors (Lipinski definition) is 3. The van der Waals surface area contributed by atoms with Crippen molar-refractivity contribution in [3.63, 3.8) is 0 Å². The molecular formula is C22H26F4N4O. The minimum Gasteiger partial charge on any atom is -0.495 e. The van der Waals surface area contributed by atoms with Gasteiger partial charge in [0, 0.05) is 33.2 Å². The molecule has 9 heteroatoms. The van der Waals surface area contributed by atoms with E-state index in [1.165, 1.54) is 0 Å². The molecule has 0 bridgehead atoms. The molecule has 0 spiro atoms. The predicted octanol–water partition coefficient (Wildman–Crippen LogP) is 4.04. The third kappa shape index (κ3) is 5.80. The lowest BCUT2D eigenvalue weighted by Gasteiger charge is -2.21. The number of methoxy groups -OCH3 is 1. The summed E-state index contributed by atoms with van der Waals surface area (Å²) in [6, 6.07) is 10.5. The molecule has 1 heterocycles. The van der Waals surface area contributed by atoms with Crippen LogP contribution in [0, 0.1) is 11.7 Å². The van der Waals surface area contributed by atoms with E-state index in [1.807, 2.05) is 24.3 Å². The topological polar surface area (TPSA) is 48.9 Å². The van der Waals surface area contributed by atoms with Gasteiger partial charge in [-0.15, -0.1) is 0 Å². The highest BCUT2D eigenvalue weighted by molar-refractivity contribution is 5.79. The Bertz CT molecular complexity index is 917. The van der Waals surface area contributed by atoms with Gasteiger partial charge in [-0.3, -0.25) is 4.99 Å². The van der Waals surface area contributed by atoms with E-state index in [-0.39, 0.29) is 12.1 Å². The number of hydrogen-bond donors (Lipinski definition) is 2. The van der Waals surface area contributed by atoms with Gasteiger partial charge in [0.25, 0.3) is 0 Å². The fourth-order valence-electron chi connectivity index (χ4n) is 3.72. The molecule has 0 aliphatic carbocycles. The van der Waals surface area contributed by atoms with Crippen molar-refractivity contribution in [2.24, 2.45) is 10.9 Å². The van der Waals surface area contributed by atoms with Gasteiger partial charge < -0.3 is 20.3 Å². The molecule has 0 amide bonds. The van der Waals surface area contributed by atoms with E-state index in [1.54, 1.807) is 14.2 Å². The first kappa shape index (κ1) is 22.7. The second-order valence-electron chi connectivity index (χ2n) is 7.38. The molecule has 0 radical (unpaired) electrons. The molecule has 1 fully saturated rings. The van der Waals surface area contributed by atoms with Crippen molar-refractivity contribution in [3.8, 4) is 5.75 Å². The maximum Gasteiger partial charge on any atom is 0.416 e. The van der Waals surface area contributed by atoms with Crippen molar-refractivity contribution in [2.75, 3.05) is 38.7 Å². The molecule has 2 aromatic carbocycles. The number of alkyl halides is 3. The number of nitrogens with one attached hydrogen (secondary N) is 2. The average molecular weight is 438 g/mol. The van der Waals surface area contributed by atoms with Crippen molar-refractivity contribution in [1.29, 1.82) is 0 Å². The van der Waals surface area contributed by atoms with Crippen LogP contribution in [0.2, 0.25) is 0 Å². The number of nitrogens with zero attached hydrogens (tertiary/aromatic N) is 2. The molecule has 1 aliphatic heterocycles. The third-order valence-corrected chi connectivity index (χ3v) is 5.32. The van der Waals surface area contributed by atoms with Crippen LogP contribution < -0.4 is 20.3 Å². The van der Waals surface area contributed by atoms with E-state index in [2.05, 4.69) is 20.5 Å². The lowest BCUT2D eigenvalue weighted by molar-refractivity contribution is -0.138. The fraction of sp³-hybridized carbons (Fsp3) is 0.409. The summed E-state index contributed by atoms with van der Waals surface area (Å²) in [4.78, 5) is 6.34. The summed E-state index contributed by atoms with van der Waals surface area (Å²) < 4.78 is 58.2. The Morgan fingerprint density at radius 2 is 1.97 bits per heavy atom. The lowest BCUT2D eigenvalue weighted by atomic mass is 10.1. The number of para-hydroxylation sites is 2. The third-order valence-electron chi connectivity index (χ3n) is 5.32. The SMILES string of the molecule is CN=C(NCc1ccc(F)cc1C(F)(F)F)NCC1CCN(c2ccccc2OC)C1. The number of ether oxygens (including phenoxy) is 1. The van der Waals surface area contributed by atoms with Gasteiger partial charge >= 0.3 is 6.18 Å². The Hall–Kier alpha value is -2.97. The van der Waals surface area contributed by atoms with Crippen LogP contribution in [0.15, 0.2) is 47.5 Å². The van der Waals surface area contributed by atoms with E-state index >= 15 is 0 Å². The number of halogens is 4. The first-order chi connectivity index (χ1) is 14.8. The van der Waals surface area contributed by atoms with Crippen LogP contribution in [0.3, 0.4) is 0 Å². The van der Waals surface area contributed by atoms with Crippen LogP contribution in [-0.4, -0.2) is 39.8 Å². The second kappa shape index (κ2) is 9.89. The van der Waals surface area contributed by atoms with Crippen molar-refractivity contribution in [2.45, 2.75) is 19.1 Å². The summed E-state index contributed by atoms with van der Waals surface area (Å²) in [7, 11) is 3.20. The number of anilines is 1. The number of aliphatic imine (C=N–C) groups is 1. The fourth-order valence-corrected chi connectivity index (χ4v) is 3.72. The van der Waals surface area contributed by atoms with E-state index in [4.69, 9.17) is 4.74 Å². The molecule has 1 aliphatic rings. The summed E-state index contributed by atoms with van der Waals surface area (Å²) >= 11 is 0. The zero-order chi connectivity index (χ0) is 22.4. The Labute approximate surface area is 179 Å². The highest BCUT2D eigenvalue weighted by Gasteiger charge is 2.33. The van der Waals surface area contributed by atoms with E-state index in [9.17, 15) is 17.6 Å². The van der Waals surface area contributed by atoms with Crippen LogP contribution in [0.1, 0.15) is 17.5 Å². The molecule has 2 N–H and O–H groups in total. The molecule has 1 atom stereocenters. The zero-order valence-electron chi connectivity index (χ0n) is 17.5. The van der Waals surface area contributed by atoms with E-state index in [0.717, 1.165) is 43.1 Å². The summed E-state index contributed by atoms with van der Waals surface area (Å²) in [5.74, 6) is 0.654. The first-order valence-corrected chi connectivity index (χ1v) is 10.00. The van der Waals surface area contributed by atoms with Gasteiger partial charge in [-0.1, -0.05) is 18.2 Å². The van der Waals surface area contributed by atoms with Crippen LogP contribution in [0.4, 0.5) is 23.2 Å². The average Bonchev–Trinajstić information content (AvgIpc) is 3.22. The molecule has 2 aromatic rings. The van der Waals surface area contributed by atoms with E-state index < -0.39 is 17.6 Å². The van der Waals surface area contributed by atoms with Gasteiger partial charge in [0.1, 0.15) is 11.6 Å². The smallest absolute Gasteiger partial charge is 0.416 e. The van der Waals surface area contributed by atoms with Gasteiger partial charge in [-0.05, 0) is 42.2 Å². The van der Waals surface area contributed by atoms with Crippen LogP contribution in [0.25, 0.3) is 0 Å². The van der Waals surface area contributed by atoms with Crippen molar-refractivity contribution >= 4 is 11.6 Å². The van der Waals surface area contributed by atoms with Crippen molar-refractivity contribution < 1.29 is 22.3 Å².